The topological polar surface area (TPSA) is 86.7 Å². The second kappa shape index (κ2) is 2.53. The molecule has 0 fully saturated rings. The highest BCUT2D eigenvalue weighted by Crippen LogP contribution is 2.45. The largest absolute Gasteiger partial charge is 0.504 e. The highest BCUT2D eigenvalue weighted by molar-refractivity contribution is 5.59. The van der Waals surface area contributed by atoms with Gasteiger partial charge in [0.1, 0.15) is 0 Å². The zero-order valence-corrected chi connectivity index (χ0v) is 6.99. The van der Waals surface area contributed by atoms with Gasteiger partial charge in [-0.3, -0.25) is 0 Å². The van der Waals surface area contributed by atoms with Crippen molar-refractivity contribution >= 4 is 0 Å². The van der Waals surface area contributed by atoms with Crippen molar-refractivity contribution < 1.29 is 15.3 Å². The zero-order chi connectivity index (χ0) is 9.59. The molecule has 1 aliphatic rings. The third-order valence-electron chi connectivity index (χ3n) is 2.50. The predicted octanol–water partition coefficient (Wildman–Crippen LogP) is 0.749. The minimum atomic E-state index is -0.451. The van der Waals surface area contributed by atoms with Gasteiger partial charge in [0.15, 0.2) is 11.5 Å². The second-order valence-corrected chi connectivity index (χ2v) is 3.31. The molecule has 1 aromatic carbocycles. The molecule has 4 heteroatoms. The van der Waals surface area contributed by atoms with Gasteiger partial charge in [0.05, 0.1) is 0 Å². The molecular formula is C9H11NO3. The van der Waals surface area contributed by atoms with E-state index in [-0.39, 0.29) is 17.5 Å². The number of benzene rings is 1. The molecule has 0 saturated heterocycles. The molecule has 13 heavy (non-hydrogen) atoms. The van der Waals surface area contributed by atoms with Gasteiger partial charge in [0.2, 0.25) is 5.75 Å². The molecule has 0 amide bonds. The fourth-order valence-corrected chi connectivity index (χ4v) is 1.75. The summed E-state index contributed by atoms with van der Waals surface area (Å²) in [5, 5.41) is 27.9. The number of rotatable bonds is 0. The molecule has 4 nitrogen and oxygen atoms in total. The number of phenolic OH excluding ortho intramolecular Hbond substituents is 3. The Bertz CT molecular complexity index is 362. The maximum atomic E-state index is 9.45. The smallest absolute Gasteiger partial charge is 0.200 e. The van der Waals surface area contributed by atoms with Crippen molar-refractivity contribution in [2.24, 2.45) is 5.73 Å². The minimum absolute atomic E-state index is 0.146. The number of nitrogens with two attached hydrogens (primary N) is 1. The van der Waals surface area contributed by atoms with Gasteiger partial charge >= 0.3 is 0 Å². The number of hydrogen-bond donors (Lipinski definition) is 4. The highest BCUT2D eigenvalue weighted by atomic mass is 16.3. The average Bonchev–Trinajstić information content (AvgIpc) is 2.45. The van der Waals surface area contributed by atoms with Crippen LogP contribution in [0.15, 0.2) is 6.07 Å². The first-order valence-electron chi connectivity index (χ1n) is 4.13. The van der Waals surface area contributed by atoms with E-state index < -0.39 is 5.75 Å². The van der Waals surface area contributed by atoms with Crippen molar-refractivity contribution in [2.75, 3.05) is 0 Å². The maximum Gasteiger partial charge on any atom is 0.200 e. The highest BCUT2D eigenvalue weighted by Gasteiger charge is 2.25. The van der Waals surface area contributed by atoms with Gasteiger partial charge in [0.25, 0.3) is 0 Å². The van der Waals surface area contributed by atoms with Crippen LogP contribution in [0, 0.1) is 0 Å². The van der Waals surface area contributed by atoms with E-state index in [1.54, 1.807) is 0 Å². The summed E-state index contributed by atoms with van der Waals surface area (Å²) in [5.41, 5.74) is 7.12. The van der Waals surface area contributed by atoms with Crippen LogP contribution in [-0.4, -0.2) is 15.3 Å². The Balaban J connectivity index is 2.67. The van der Waals surface area contributed by atoms with Gasteiger partial charge in [-0.1, -0.05) is 0 Å². The molecule has 0 heterocycles. The van der Waals surface area contributed by atoms with E-state index >= 15 is 0 Å². The van der Waals surface area contributed by atoms with Crippen molar-refractivity contribution in [2.45, 2.75) is 18.9 Å². The lowest BCUT2D eigenvalue weighted by Crippen LogP contribution is -2.04. The summed E-state index contributed by atoms with van der Waals surface area (Å²) < 4.78 is 0. The van der Waals surface area contributed by atoms with Crippen LogP contribution in [0.4, 0.5) is 0 Å². The molecule has 1 atom stereocenters. The van der Waals surface area contributed by atoms with Gasteiger partial charge in [-0.05, 0) is 24.5 Å². The molecule has 0 spiro atoms. The second-order valence-electron chi connectivity index (χ2n) is 3.31. The molecule has 1 aliphatic carbocycles. The number of phenols is 3. The fraction of sp³-hybridized carbons (Fsp3) is 0.333. The standard InChI is InChI=1S/C9H11NO3/c10-6-2-1-4-5(6)3-7(11)9(13)8(4)12/h3,6,11-13H,1-2,10H2/t6-/m1/s1. The van der Waals surface area contributed by atoms with Gasteiger partial charge in [-0.15, -0.1) is 0 Å². The van der Waals surface area contributed by atoms with E-state index in [1.807, 2.05) is 0 Å². The van der Waals surface area contributed by atoms with Gasteiger partial charge in [-0.2, -0.15) is 0 Å². The van der Waals surface area contributed by atoms with Crippen LogP contribution in [0.25, 0.3) is 0 Å². The Morgan fingerprint density at radius 1 is 1.23 bits per heavy atom. The van der Waals surface area contributed by atoms with Crippen LogP contribution >= 0.6 is 0 Å². The first-order valence-corrected chi connectivity index (χ1v) is 4.13. The summed E-state index contributed by atoms with van der Waals surface area (Å²) in [5.74, 6) is -0.996. The monoisotopic (exact) mass is 181 g/mol. The lowest BCUT2D eigenvalue weighted by atomic mass is 10.1. The summed E-state index contributed by atoms with van der Waals surface area (Å²) in [4.78, 5) is 0. The summed E-state index contributed by atoms with van der Waals surface area (Å²) >= 11 is 0. The van der Waals surface area contributed by atoms with E-state index in [0.29, 0.717) is 12.0 Å². The van der Waals surface area contributed by atoms with E-state index in [9.17, 15) is 15.3 Å². The SMILES string of the molecule is N[C@@H]1CCc2c1cc(O)c(O)c2O. The zero-order valence-electron chi connectivity index (χ0n) is 6.99. The Morgan fingerprint density at radius 2 is 1.92 bits per heavy atom. The molecule has 2 rings (SSSR count). The lowest BCUT2D eigenvalue weighted by molar-refractivity contribution is 0.365. The van der Waals surface area contributed by atoms with Crippen LogP contribution in [0.1, 0.15) is 23.6 Å². The summed E-state index contributed by atoms with van der Waals surface area (Å²) in [6, 6.07) is 1.27. The van der Waals surface area contributed by atoms with E-state index in [2.05, 4.69) is 0 Å². The molecule has 0 radical (unpaired) electrons. The van der Waals surface area contributed by atoms with Crippen LogP contribution < -0.4 is 5.73 Å². The van der Waals surface area contributed by atoms with Gasteiger partial charge < -0.3 is 21.1 Å². The van der Waals surface area contributed by atoms with Crippen LogP contribution in [0.2, 0.25) is 0 Å². The normalized spacial score (nSPS) is 20.2. The van der Waals surface area contributed by atoms with Crippen molar-refractivity contribution in [1.29, 1.82) is 0 Å². The molecule has 0 aromatic heterocycles. The predicted molar refractivity (Wildman–Crippen MR) is 46.7 cm³/mol. The first kappa shape index (κ1) is 8.19. The third-order valence-corrected chi connectivity index (χ3v) is 2.50. The van der Waals surface area contributed by atoms with Crippen LogP contribution in [0.3, 0.4) is 0 Å². The van der Waals surface area contributed by atoms with Gasteiger partial charge in [0, 0.05) is 11.6 Å². The molecule has 0 unspecified atom stereocenters. The Kier molecular flexibility index (Phi) is 1.60. The Hall–Kier alpha value is -1.42. The Labute approximate surface area is 75.2 Å². The summed E-state index contributed by atoms with van der Waals surface area (Å²) in [6.07, 6.45) is 1.39. The molecule has 0 aliphatic heterocycles. The molecule has 5 N–H and O–H groups in total. The summed E-state index contributed by atoms with van der Waals surface area (Å²) in [6.45, 7) is 0. The molecular weight excluding hydrogens is 170 g/mol. The summed E-state index contributed by atoms with van der Waals surface area (Å²) in [7, 11) is 0. The average molecular weight is 181 g/mol. The van der Waals surface area contributed by atoms with Crippen LogP contribution in [-0.2, 0) is 6.42 Å². The fourth-order valence-electron chi connectivity index (χ4n) is 1.75. The molecule has 1 aromatic rings. The van der Waals surface area contributed by atoms with Crippen molar-refractivity contribution in [3.05, 3.63) is 17.2 Å². The quantitative estimate of drug-likeness (QED) is 0.445. The van der Waals surface area contributed by atoms with E-state index in [4.69, 9.17) is 5.73 Å². The van der Waals surface area contributed by atoms with Crippen molar-refractivity contribution in [1.82, 2.24) is 0 Å². The van der Waals surface area contributed by atoms with E-state index in [0.717, 1.165) is 12.0 Å². The van der Waals surface area contributed by atoms with E-state index in [1.165, 1.54) is 6.07 Å². The van der Waals surface area contributed by atoms with Gasteiger partial charge in [-0.25, -0.2) is 0 Å². The molecule has 70 valence electrons. The first-order chi connectivity index (χ1) is 6.11. The van der Waals surface area contributed by atoms with Crippen molar-refractivity contribution in [3.8, 4) is 17.2 Å². The minimum Gasteiger partial charge on any atom is -0.504 e. The Morgan fingerprint density at radius 3 is 2.62 bits per heavy atom. The number of hydrogen-bond acceptors (Lipinski definition) is 4. The van der Waals surface area contributed by atoms with Crippen LogP contribution in [0.5, 0.6) is 17.2 Å². The van der Waals surface area contributed by atoms with Crippen molar-refractivity contribution in [3.63, 3.8) is 0 Å². The lowest BCUT2D eigenvalue weighted by Gasteiger charge is -2.08. The maximum absolute atomic E-state index is 9.45. The third kappa shape index (κ3) is 1.02. The number of fused-ring (bicyclic) bond motifs is 1. The molecule has 0 saturated carbocycles. The number of aromatic hydroxyl groups is 3. The molecule has 0 bridgehead atoms.